The SMILES string of the molecule is CCNC(=O)N1CCN(C(=O)C2(C)CCNC2)CC1.Cl. The number of nitrogens with one attached hydrogen (secondary N) is 2. The van der Waals surface area contributed by atoms with Gasteiger partial charge in [-0.1, -0.05) is 0 Å². The molecule has 1 unspecified atom stereocenters. The van der Waals surface area contributed by atoms with Crippen LogP contribution < -0.4 is 10.6 Å². The number of amides is 3. The monoisotopic (exact) mass is 304 g/mol. The summed E-state index contributed by atoms with van der Waals surface area (Å²) in [6.07, 6.45) is 0.905. The van der Waals surface area contributed by atoms with Crippen LogP contribution in [0.3, 0.4) is 0 Å². The van der Waals surface area contributed by atoms with Crippen LogP contribution in [-0.4, -0.2) is 67.6 Å². The zero-order valence-electron chi connectivity index (χ0n) is 12.3. The van der Waals surface area contributed by atoms with Crippen molar-refractivity contribution in [1.29, 1.82) is 0 Å². The molecular weight excluding hydrogens is 280 g/mol. The third-order valence-electron chi connectivity index (χ3n) is 4.07. The van der Waals surface area contributed by atoms with Crippen LogP contribution in [-0.2, 0) is 4.79 Å². The molecular formula is C13H25ClN4O2. The van der Waals surface area contributed by atoms with Gasteiger partial charge in [0.1, 0.15) is 0 Å². The summed E-state index contributed by atoms with van der Waals surface area (Å²) in [5, 5.41) is 6.05. The zero-order chi connectivity index (χ0) is 13.9. The van der Waals surface area contributed by atoms with Crippen molar-refractivity contribution < 1.29 is 9.59 Å². The van der Waals surface area contributed by atoms with E-state index in [9.17, 15) is 9.59 Å². The minimum atomic E-state index is -0.256. The van der Waals surface area contributed by atoms with Gasteiger partial charge in [-0.25, -0.2) is 4.79 Å². The summed E-state index contributed by atoms with van der Waals surface area (Å²) >= 11 is 0. The van der Waals surface area contributed by atoms with E-state index in [0.29, 0.717) is 32.7 Å². The largest absolute Gasteiger partial charge is 0.339 e. The molecule has 7 heteroatoms. The van der Waals surface area contributed by atoms with Gasteiger partial charge in [-0.2, -0.15) is 0 Å². The summed E-state index contributed by atoms with van der Waals surface area (Å²) < 4.78 is 0. The van der Waals surface area contributed by atoms with E-state index in [4.69, 9.17) is 0 Å². The fraction of sp³-hybridized carbons (Fsp3) is 0.846. The van der Waals surface area contributed by atoms with Crippen LogP contribution in [0.5, 0.6) is 0 Å². The molecule has 0 aromatic carbocycles. The highest BCUT2D eigenvalue weighted by Crippen LogP contribution is 2.27. The molecule has 2 rings (SSSR count). The Labute approximate surface area is 126 Å². The van der Waals surface area contributed by atoms with Gasteiger partial charge in [0, 0.05) is 39.3 Å². The van der Waals surface area contributed by atoms with Crippen LogP contribution in [0, 0.1) is 5.41 Å². The molecule has 0 bridgehead atoms. The highest BCUT2D eigenvalue weighted by molar-refractivity contribution is 5.85. The van der Waals surface area contributed by atoms with E-state index in [-0.39, 0.29) is 29.8 Å². The van der Waals surface area contributed by atoms with Crippen molar-refractivity contribution >= 4 is 24.3 Å². The fourth-order valence-electron chi connectivity index (χ4n) is 2.76. The van der Waals surface area contributed by atoms with Crippen LogP contribution in [0.15, 0.2) is 0 Å². The van der Waals surface area contributed by atoms with Gasteiger partial charge >= 0.3 is 6.03 Å². The van der Waals surface area contributed by atoms with Crippen molar-refractivity contribution in [3.05, 3.63) is 0 Å². The van der Waals surface area contributed by atoms with E-state index in [0.717, 1.165) is 19.5 Å². The Balaban J connectivity index is 0.00000200. The zero-order valence-corrected chi connectivity index (χ0v) is 13.1. The van der Waals surface area contributed by atoms with Gasteiger partial charge in [0.05, 0.1) is 5.41 Å². The van der Waals surface area contributed by atoms with Gasteiger partial charge in [0.2, 0.25) is 5.91 Å². The van der Waals surface area contributed by atoms with Gasteiger partial charge in [-0.05, 0) is 26.8 Å². The Hall–Kier alpha value is -1.01. The van der Waals surface area contributed by atoms with Crippen LogP contribution in [0.1, 0.15) is 20.3 Å². The van der Waals surface area contributed by atoms with Crippen LogP contribution in [0.25, 0.3) is 0 Å². The maximum absolute atomic E-state index is 12.5. The van der Waals surface area contributed by atoms with Crippen molar-refractivity contribution in [1.82, 2.24) is 20.4 Å². The molecule has 0 saturated carbocycles. The number of halogens is 1. The van der Waals surface area contributed by atoms with E-state index in [2.05, 4.69) is 10.6 Å². The Morgan fingerprint density at radius 2 is 1.80 bits per heavy atom. The Morgan fingerprint density at radius 1 is 1.20 bits per heavy atom. The van der Waals surface area contributed by atoms with E-state index >= 15 is 0 Å². The average Bonchev–Trinajstić information content (AvgIpc) is 2.86. The topological polar surface area (TPSA) is 64.7 Å². The van der Waals surface area contributed by atoms with Gasteiger partial charge in [0.25, 0.3) is 0 Å². The molecule has 0 aromatic heterocycles. The summed E-state index contributed by atoms with van der Waals surface area (Å²) in [6.45, 7) is 8.81. The molecule has 20 heavy (non-hydrogen) atoms. The van der Waals surface area contributed by atoms with E-state index in [1.807, 2.05) is 18.7 Å². The molecule has 0 spiro atoms. The third-order valence-corrected chi connectivity index (χ3v) is 4.07. The number of hydrogen-bond donors (Lipinski definition) is 2. The summed E-state index contributed by atoms with van der Waals surface area (Å²) in [7, 11) is 0. The molecule has 0 aliphatic carbocycles. The molecule has 0 aromatic rings. The first-order valence-electron chi connectivity index (χ1n) is 7.10. The maximum atomic E-state index is 12.5. The number of hydrogen-bond acceptors (Lipinski definition) is 3. The smallest absolute Gasteiger partial charge is 0.317 e. The Bertz CT molecular complexity index is 350. The molecule has 2 heterocycles. The molecule has 2 aliphatic heterocycles. The van der Waals surface area contributed by atoms with Crippen LogP contribution in [0.4, 0.5) is 4.79 Å². The van der Waals surface area contributed by atoms with Crippen molar-refractivity contribution in [2.75, 3.05) is 45.8 Å². The molecule has 2 N–H and O–H groups in total. The first-order chi connectivity index (χ1) is 9.07. The maximum Gasteiger partial charge on any atom is 0.317 e. The predicted molar refractivity (Wildman–Crippen MR) is 80.1 cm³/mol. The number of urea groups is 1. The molecule has 2 fully saturated rings. The molecule has 2 aliphatic rings. The van der Waals surface area contributed by atoms with Gasteiger partial charge in [-0.3, -0.25) is 4.79 Å². The lowest BCUT2D eigenvalue weighted by Crippen LogP contribution is -2.55. The Kier molecular flexibility index (Phi) is 6.07. The fourth-order valence-corrected chi connectivity index (χ4v) is 2.76. The van der Waals surface area contributed by atoms with Gasteiger partial charge in [0.15, 0.2) is 0 Å². The van der Waals surface area contributed by atoms with Crippen molar-refractivity contribution in [2.24, 2.45) is 5.41 Å². The molecule has 2 saturated heterocycles. The molecule has 0 radical (unpaired) electrons. The lowest BCUT2D eigenvalue weighted by molar-refractivity contribution is -0.141. The number of carbonyl (C=O) groups excluding carboxylic acids is 2. The minimum Gasteiger partial charge on any atom is -0.339 e. The molecule has 116 valence electrons. The first kappa shape index (κ1) is 17.0. The number of carbonyl (C=O) groups is 2. The normalized spacial score (nSPS) is 26.1. The van der Waals surface area contributed by atoms with Crippen molar-refractivity contribution in [2.45, 2.75) is 20.3 Å². The number of piperazine rings is 1. The van der Waals surface area contributed by atoms with Gasteiger partial charge in [-0.15, -0.1) is 12.4 Å². The molecule has 1 atom stereocenters. The summed E-state index contributed by atoms with van der Waals surface area (Å²) in [6, 6.07) is -0.0247. The lowest BCUT2D eigenvalue weighted by atomic mass is 9.88. The predicted octanol–water partition coefficient (Wildman–Crippen LogP) is 0.282. The second kappa shape index (κ2) is 7.13. The summed E-state index contributed by atoms with van der Waals surface area (Å²) in [5.41, 5.74) is -0.256. The highest BCUT2D eigenvalue weighted by Gasteiger charge is 2.40. The quantitative estimate of drug-likeness (QED) is 0.770. The third kappa shape index (κ3) is 3.55. The van der Waals surface area contributed by atoms with E-state index in [1.54, 1.807) is 4.90 Å². The van der Waals surface area contributed by atoms with Gasteiger partial charge < -0.3 is 20.4 Å². The Morgan fingerprint density at radius 3 is 2.30 bits per heavy atom. The van der Waals surface area contributed by atoms with Crippen LogP contribution >= 0.6 is 12.4 Å². The lowest BCUT2D eigenvalue weighted by Gasteiger charge is -2.38. The standard InChI is InChI=1S/C13H24N4O2.ClH/c1-3-15-12(19)17-8-6-16(7-9-17)11(18)13(2)4-5-14-10-13;/h14H,3-10H2,1-2H3,(H,15,19);1H. The number of rotatable bonds is 2. The van der Waals surface area contributed by atoms with Crippen molar-refractivity contribution in [3.8, 4) is 0 Å². The van der Waals surface area contributed by atoms with Crippen molar-refractivity contribution in [3.63, 3.8) is 0 Å². The van der Waals surface area contributed by atoms with Crippen LogP contribution in [0.2, 0.25) is 0 Å². The van der Waals surface area contributed by atoms with E-state index in [1.165, 1.54) is 0 Å². The average molecular weight is 305 g/mol. The van der Waals surface area contributed by atoms with E-state index < -0.39 is 0 Å². The summed E-state index contributed by atoms with van der Waals surface area (Å²) in [5.74, 6) is 0.230. The minimum absolute atomic E-state index is 0. The summed E-state index contributed by atoms with van der Waals surface area (Å²) in [4.78, 5) is 27.9. The highest BCUT2D eigenvalue weighted by atomic mass is 35.5. The second-order valence-electron chi connectivity index (χ2n) is 5.60. The molecule has 6 nitrogen and oxygen atoms in total. The second-order valence-corrected chi connectivity index (χ2v) is 5.60. The number of nitrogens with zero attached hydrogens (tertiary/aromatic N) is 2. The molecule has 3 amide bonds. The first-order valence-corrected chi connectivity index (χ1v) is 7.10.